The van der Waals surface area contributed by atoms with E-state index in [0.717, 1.165) is 0 Å². The van der Waals surface area contributed by atoms with E-state index in [1.165, 1.54) is 10.5 Å². The molecule has 3 aromatic carbocycles. The van der Waals surface area contributed by atoms with E-state index in [-0.39, 0.29) is 0 Å². The summed E-state index contributed by atoms with van der Waals surface area (Å²) in [5.41, 5.74) is 0. The van der Waals surface area contributed by atoms with Crippen LogP contribution in [0.1, 0.15) is 0 Å². The van der Waals surface area contributed by atoms with Crippen LogP contribution in [0.25, 0.3) is 0 Å². The van der Waals surface area contributed by atoms with Crippen molar-refractivity contribution in [2.24, 2.45) is 0 Å². The fraction of sp³-hybridized carbons (Fsp3) is 0.0909. The topological polar surface area (TPSA) is 74.6 Å². The van der Waals surface area contributed by atoms with Gasteiger partial charge in [-0.15, -0.1) is 0 Å². The van der Waals surface area contributed by atoms with Crippen LogP contribution in [0.4, 0.5) is 0 Å². The number of carboxylic acids is 2. The van der Waals surface area contributed by atoms with E-state index in [1.54, 1.807) is 0 Å². The zero-order chi connectivity index (χ0) is 23.2. The summed E-state index contributed by atoms with van der Waals surface area (Å²) in [5.74, 6) is -2.42. The summed E-state index contributed by atoms with van der Waals surface area (Å²) in [6.07, 6.45) is 0. The summed E-state index contributed by atoms with van der Waals surface area (Å²) < 4.78 is 4.55. The zero-order valence-electron chi connectivity index (χ0n) is 16.0. The average Bonchev–Trinajstić information content (AvgIpc) is 2.77. The van der Waals surface area contributed by atoms with E-state index >= 15 is 0 Å². The second-order valence-electron chi connectivity index (χ2n) is 5.62. The average molecular weight is 611 g/mol. The van der Waals surface area contributed by atoms with Crippen molar-refractivity contribution in [2.45, 2.75) is 9.67 Å². The molecule has 0 heterocycles. The molecule has 0 aliphatic carbocycles. The molecule has 9 heteroatoms. The molecule has 164 valence electrons. The van der Waals surface area contributed by atoms with Gasteiger partial charge in [-0.1, -0.05) is 46.4 Å². The molecule has 0 radical (unpaired) electrons. The molecule has 3 rings (SSSR count). The molecule has 0 saturated carbocycles. The quantitative estimate of drug-likeness (QED) is 0.339. The molecule has 0 amide bonds. The summed E-state index contributed by atoms with van der Waals surface area (Å²) in [6, 6.07) is 32.9. The van der Waals surface area contributed by atoms with Crippen LogP contribution in [0.15, 0.2) is 91.0 Å². The molecule has 3 aromatic rings. The van der Waals surface area contributed by atoms with Gasteiger partial charge in [-0.2, -0.15) is 0 Å². The van der Waals surface area contributed by atoms with Crippen LogP contribution < -0.4 is 10.5 Å². The number of carbonyl (C=O) groups is 2. The third-order valence-electron chi connectivity index (χ3n) is 3.42. The molecule has 0 spiro atoms. The third kappa shape index (κ3) is 11.1. The summed E-state index contributed by atoms with van der Waals surface area (Å²) >= 11 is 17.3. The molecule has 0 saturated heterocycles. The van der Waals surface area contributed by atoms with Crippen LogP contribution in [-0.4, -0.2) is 52.0 Å². The number of aliphatic carboxylic acids is 2. The van der Waals surface area contributed by atoms with Gasteiger partial charge in [0.15, 0.2) is 0 Å². The van der Waals surface area contributed by atoms with E-state index in [0.29, 0.717) is 0 Å². The molecule has 0 atom stereocenters. The predicted molar refractivity (Wildman–Crippen MR) is 130 cm³/mol. The van der Waals surface area contributed by atoms with Crippen molar-refractivity contribution in [3.05, 3.63) is 91.0 Å². The second-order valence-corrected chi connectivity index (χ2v) is 14.1. The Balaban J connectivity index is 0.000000333. The minimum atomic E-state index is -1.83. The van der Waals surface area contributed by atoms with E-state index in [2.05, 4.69) is 91.0 Å². The Hall–Kier alpha value is -1.42. The molecule has 0 aliphatic heterocycles. The van der Waals surface area contributed by atoms with Crippen molar-refractivity contribution < 1.29 is 19.8 Å². The Morgan fingerprint density at radius 2 is 0.742 bits per heavy atom. The molecule has 4 nitrogen and oxygen atoms in total. The predicted octanol–water partition coefficient (Wildman–Crippen LogP) is 3.95. The molecule has 0 fully saturated rings. The van der Waals surface area contributed by atoms with Crippen molar-refractivity contribution in [3.8, 4) is 0 Å². The van der Waals surface area contributed by atoms with Crippen molar-refractivity contribution in [3.63, 3.8) is 0 Å². The van der Waals surface area contributed by atoms with Crippen molar-refractivity contribution in [2.75, 3.05) is 0 Å². The number of alkyl halides is 4. The maximum absolute atomic E-state index is 9.44. The molecule has 0 aromatic heterocycles. The molecule has 31 heavy (non-hydrogen) atoms. The van der Waals surface area contributed by atoms with Gasteiger partial charge >= 0.3 is 134 Å². The molecular weight excluding hydrogens is 592 g/mol. The van der Waals surface area contributed by atoms with Gasteiger partial charge in [-0.3, -0.25) is 0 Å². The standard InChI is InChI=1S/3C6H5.2C2H2Cl2O2.Sb/c3*1-2-4-6-5-3-1;2*3-1(4)2(5)6;/h3*1-5H;2*1H,(H,5,6);. The van der Waals surface area contributed by atoms with E-state index in [1.807, 2.05) is 0 Å². The van der Waals surface area contributed by atoms with Gasteiger partial charge in [0.2, 0.25) is 9.67 Å². The fourth-order valence-electron chi connectivity index (χ4n) is 2.18. The van der Waals surface area contributed by atoms with Gasteiger partial charge < -0.3 is 10.2 Å². The first kappa shape index (κ1) is 27.6. The SMILES string of the molecule is O=C(O)C(Cl)Cl.O=C(O)C(Cl)Cl.c1cc[c]([Sb]([c]2ccccc2)[c]2ccccc2)cc1. The minimum absolute atomic E-state index is 1.21. The van der Waals surface area contributed by atoms with Gasteiger partial charge in [0.1, 0.15) is 0 Å². The normalized spacial score (nSPS) is 10.0. The van der Waals surface area contributed by atoms with Gasteiger partial charge in [-0.05, 0) is 0 Å². The van der Waals surface area contributed by atoms with Crippen molar-refractivity contribution in [1.82, 2.24) is 0 Å². The first-order valence-corrected chi connectivity index (χ1v) is 14.3. The molecular formula is C22H19Cl4O4Sb. The van der Waals surface area contributed by atoms with Crippen molar-refractivity contribution in [1.29, 1.82) is 0 Å². The Kier molecular flexibility index (Phi) is 13.7. The third-order valence-corrected chi connectivity index (χ3v) is 11.1. The van der Waals surface area contributed by atoms with Gasteiger partial charge in [0, 0.05) is 0 Å². The fourth-order valence-corrected chi connectivity index (χ4v) is 8.76. The van der Waals surface area contributed by atoms with Gasteiger partial charge in [0.05, 0.1) is 0 Å². The maximum atomic E-state index is 9.44. The monoisotopic (exact) mass is 608 g/mol. The second kappa shape index (κ2) is 15.4. The summed E-state index contributed by atoms with van der Waals surface area (Å²) in [6.45, 7) is 0. The van der Waals surface area contributed by atoms with E-state index < -0.39 is 41.8 Å². The Labute approximate surface area is 208 Å². The number of benzene rings is 3. The Bertz CT molecular complexity index is 799. The molecule has 2 N–H and O–H groups in total. The van der Waals surface area contributed by atoms with Crippen LogP contribution in [0.3, 0.4) is 0 Å². The molecule has 0 unspecified atom stereocenters. The molecule has 0 bridgehead atoms. The first-order valence-electron chi connectivity index (χ1n) is 8.71. The summed E-state index contributed by atoms with van der Waals surface area (Å²) in [5, 5.41) is 15.5. The number of carboxylic acid groups (broad SMARTS) is 2. The number of halogens is 4. The number of rotatable bonds is 5. The van der Waals surface area contributed by atoms with Crippen LogP contribution in [0, 0.1) is 0 Å². The van der Waals surface area contributed by atoms with Crippen LogP contribution in [-0.2, 0) is 9.59 Å². The summed E-state index contributed by atoms with van der Waals surface area (Å²) in [7, 11) is 0. The van der Waals surface area contributed by atoms with Gasteiger partial charge in [-0.25, -0.2) is 9.59 Å². The van der Waals surface area contributed by atoms with Gasteiger partial charge in [0.25, 0.3) is 0 Å². The summed E-state index contributed by atoms with van der Waals surface area (Å²) in [4.78, 5) is 16.3. The van der Waals surface area contributed by atoms with Crippen LogP contribution in [0.5, 0.6) is 0 Å². The zero-order valence-corrected chi connectivity index (χ0v) is 21.6. The number of hydrogen-bond donors (Lipinski definition) is 2. The first-order chi connectivity index (χ1) is 14.7. The number of hydrogen-bond acceptors (Lipinski definition) is 2. The van der Waals surface area contributed by atoms with E-state index in [4.69, 9.17) is 56.6 Å². The van der Waals surface area contributed by atoms with E-state index in [9.17, 15) is 9.59 Å². The Morgan fingerprint density at radius 1 is 0.548 bits per heavy atom. The Morgan fingerprint density at radius 3 is 0.903 bits per heavy atom. The molecule has 0 aliphatic rings. The van der Waals surface area contributed by atoms with Crippen LogP contribution >= 0.6 is 46.4 Å². The van der Waals surface area contributed by atoms with Crippen molar-refractivity contribution >= 4 is 89.1 Å². The van der Waals surface area contributed by atoms with Crippen LogP contribution in [0.2, 0.25) is 0 Å².